The topological polar surface area (TPSA) is 54.7 Å². The lowest BCUT2D eigenvalue weighted by atomic mass is 10.1. The smallest absolute Gasteiger partial charge is 0.327 e. The summed E-state index contributed by atoms with van der Waals surface area (Å²) in [6, 6.07) is -0.571. The Balaban J connectivity index is 2.75. The van der Waals surface area contributed by atoms with Gasteiger partial charge in [-0.25, -0.2) is 4.98 Å². The van der Waals surface area contributed by atoms with Gasteiger partial charge < -0.3 is 4.98 Å². The molecule has 3 nitrogen and oxygen atoms in total. The molecule has 2 aromatic heterocycles. The molecule has 0 fully saturated rings. The molecule has 0 saturated heterocycles. The van der Waals surface area contributed by atoms with Crippen molar-refractivity contribution in [2.45, 2.75) is 6.05 Å². The molecular formula is C8H7F2N3. The van der Waals surface area contributed by atoms with Gasteiger partial charge in [-0.15, -0.1) is 0 Å². The highest BCUT2D eigenvalue weighted by Crippen LogP contribution is 2.27. The molecule has 0 aliphatic rings. The van der Waals surface area contributed by atoms with Crippen LogP contribution in [0.15, 0.2) is 24.5 Å². The summed E-state index contributed by atoms with van der Waals surface area (Å²) in [5, 5.41) is 0.356. The zero-order valence-electron chi connectivity index (χ0n) is 6.59. The summed E-state index contributed by atoms with van der Waals surface area (Å²) < 4.78 is 25.6. The van der Waals surface area contributed by atoms with E-state index in [0.29, 0.717) is 11.0 Å². The number of nitrogens with two attached hydrogens (primary N) is 1. The van der Waals surface area contributed by atoms with Crippen LogP contribution in [0, 0.1) is 0 Å². The molecule has 2 heterocycles. The molecule has 3 N–H and O–H groups in total. The minimum Gasteiger partial charge on any atom is -0.346 e. The molecule has 68 valence electrons. The Morgan fingerprint density at radius 1 is 1.38 bits per heavy atom. The number of fused-ring (bicyclic) bond motifs is 1. The molecular weight excluding hydrogens is 176 g/mol. The summed E-state index contributed by atoms with van der Waals surface area (Å²) >= 11 is 0. The average Bonchev–Trinajstić information content (AvgIpc) is 2.48. The van der Waals surface area contributed by atoms with Crippen molar-refractivity contribution in [1.29, 1.82) is 0 Å². The molecule has 0 atom stereocenters. The maximum absolute atomic E-state index is 12.8. The molecule has 0 aliphatic heterocycles. The zero-order valence-corrected chi connectivity index (χ0v) is 6.59. The Morgan fingerprint density at radius 2 is 2.15 bits per heavy atom. The van der Waals surface area contributed by atoms with Crippen molar-refractivity contribution in [3.8, 4) is 0 Å². The molecule has 0 amide bonds. The average molecular weight is 183 g/mol. The van der Waals surface area contributed by atoms with E-state index >= 15 is 0 Å². The molecule has 0 spiro atoms. The number of H-pyrrole nitrogens is 1. The minimum atomic E-state index is -3.32. The highest BCUT2D eigenvalue weighted by atomic mass is 19.3. The molecule has 2 aromatic rings. The molecule has 0 saturated carbocycles. The van der Waals surface area contributed by atoms with Crippen LogP contribution in [0.3, 0.4) is 0 Å². The van der Waals surface area contributed by atoms with E-state index in [1.165, 1.54) is 18.3 Å². The van der Waals surface area contributed by atoms with Crippen LogP contribution in [-0.2, 0) is 6.05 Å². The number of halogens is 2. The number of aromatic nitrogens is 2. The highest BCUT2D eigenvalue weighted by Gasteiger charge is 2.27. The third-order valence-electron chi connectivity index (χ3n) is 1.82. The van der Waals surface area contributed by atoms with E-state index in [0.717, 1.165) is 0 Å². The molecule has 0 aromatic carbocycles. The Kier molecular flexibility index (Phi) is 1.56. The molecule has 0 unspecified atom stereocenters. The van der Waals surface area contributed by atoms with E-state index in [1.54, 1.807) is 6.20 Å². The third kappa shape index (κ3) is 1.27. The Labute approximate surface area is 72.6 Å². The number of hydrogen-bond acceptors (Lipinski definition) is 2. The first-order valence-corrected chi connectivity index (χ1v) is 3.68. The number of pyridine rings is 1. The lowest BCUT2D eigenvalue weighted by molar-refractivity contribution is 0.00453. The van der Waals surface area contributed by atoms with Gasteiger partial charge in [0.25, 0.3) is 0 Å². The fourth-order valence-corrected chi connectivity index (χ4v) is 1.25. The van der Waals surface area contributed by atoms with Gasteiger partial charge in [0.1, 0.15) is 5.65 Å². The number of nitrogens with zero attached hydrogens (tertiary/aromatic N) is 1. The first kappa shape index (κ1) is 8.12. The van der Waals surface area contributed by atoms with Gasteiger partial charge in [0.15, 0.2) is 0 Å². The minimum absolute atomic E-state index is 0.209. The molecule has 2 rings (SSSR count). The van der Waals surface area contributed by atoms with Crippen LogP contribution >= 0.6 is 0 Å². The fraction of sp³-hybridized carbons (Fsp3) is 0.125. The van der Waals surface area contributed by atoms with Crippen molar-refractivity contribution in [2.75, 3.05) is 0 Å². The fourth-order valence-electron chi connectivity index (χ4n) is 1.25. The summed E-state index contributed by atoms with van der Waals surface area (Å²) in [6.07, 6.45) is 2.85. The van der Waals surface area contributed by atoms with E-state index in [1.807, 2.05) is 0 Å². The second-order valence-corrected chi connectivity index (χ2v) is 2.72. The highest BCUT2D eigenvalue weighted by molar-refractivity contribution is 5.79. The lowest BCUT2D eigenvalue weighted by Gasteiger charge is -2.10. The van der Waals surface area contributed by atoms with Crippen LogP contribution in [0.25, 0.3) is 11.0 Å². The summed E-state index contributed by atoms with van der Waals surface area (Å²) in [5.74, 6) is 0. The van der Waals surface area contributed by atoms with Gasteiger partial charge in [0.2, 0.25) is 0 Å². The van der Waals surface area contributed by atoms with Crippen LogP contribution in [0.4, 0.5) is 8.78 Å². The van der Waals surface area contributed by atoms with Crippen molar-refractivity contribution in [3.63, 3.8) is 0 Å². The van der Waals surface area contributed by atoms with Gasteiger partial charge >= 0.3 is 6.05 Å². The summed E-state index contributed by atoms with van der Waals surface area (Å²) in [7, 11) is 0. The third-order valence-corrected chi connectivity index (χ3v) is 1.82. The number of alkyl halides is 2. The number of hydrogen-bond donors (Lipinski definition) is 2. The van der Waals surface area contributed by atoms with Crippen molar-refractivity contribution in [1.82, 2.24) is 9.97 Å². The van der Waals surface area contributed by atoms with Crippen molar-refractivity contribution >= 4 is 11.0 Å². The Hall–Kier alpha value is -1.49. The largest absolute Gasteiger partial charge is 0.346 e. The Bertz CT molecular complexity index is 430. The van der Waals surface area contributed by atoms with Gasteiger partial charge in [-0.1, -0.05) is 0 Å². The number of aromatic amines is 1. The van der Waals surface area contributed by atoms with E-state index in [-0.39, 0.29) is 5.56 Å². The summed E-state index contributed by atoms with van der Waals surface area (Å²) in [5.41, 5.74) is 4.92. The maximum atomic E-state index is 12.8. The van der Waals surface area contributed by atoms with Gasteiger partial charge in [-0.05, 0) is 12.1 Å². The van der Waals surface area contributed by atoms with Crippen molar-refractivity contribution < 1.29 is 8.78 Å². The molecule has 0 radical (unpaired) electrons. The van der Waals surface area contributed by atoms with Crippen LogP contribution in [-0.4, -0.2) is 9.97 Å². The maximum Gasteiger partial charge on any atom is 0.327 e. The summed E-state index contributed by atoms with van der Waals surface area (Å²) in [6.45, 7) is 0. The quantitative estimate of drug-likeness (QED) is 0.659. The number of rotatable bonds is 1. The standard InChI is InChI=1S/C8H7F2N3/c9-8(10,11)6-2-4-13-7-5(6)1-3-12-7/h1-4H,11H2,(H,12,13). The zero-order chi connectivity index (χ0) is 9.47. The molecule has 13 heavy (non-hydrogen) atoms. The number of nitrogens with one attached hydrogen (secondary N) is 1. The Morgan fingerprint density at radius 3 is 2.85 bits per heavy atom. The van der Waals surface area contributed by atoms with Gasteiger partial charge in [-0.2, -0.15) is 8.78 Å². The summed E-state index contributed by atoms with van der Waals surface area (Å²) in [4.78, 5) is 6.60. The molecule has 0 aliphatic carbocycles. The first-order chi connectivity index (χ1) is 6.09. The van der Waals surface area contributed by atoms with E-state index in [2.05, 4.69) is 9.97 Å². The van der Waals surface area contributed by atoms with Crippen LogP contribution < -0.4 is 5.73 Å². The first-order valence-electron chi connectivity index (χ1n) is 3.68. The molecule has 0 bridgehead atoms. The predicted octanol–water partition coefficient (Wildman–Crippen LogP) is 1.57. The predicted molar refractivity (Wildman–Crippen MR) is 44.2 cm³/mol. The van der Waals surface area contributed by atoms with E-state index in [9.17, 15) is 8.78 Å². The normalized spacial score (nSPS) is 12.2. The second kappa shape index (κ2) is 2.50. The van der Waals surface area contributed by atoms with Gasteiger partial charge in [0.05, 0.1) is 0 Å². The van der Waals surface area contributed by atoms with E-state index < -0.39 is 6.05 Å². The monoisotopic (exact) mass is 183 g/mol. The van der Waals surface area contributed by atoms with Crippen LogP contribution in [0.1, 0.15) is 5.56 Å². The van der Waals surface area contributed by atoms with Crippen molar-refractivity contribution in [2.24, 2.45) is 5.73 Å². The van der Waals surface area contributed by atoms with Gasteiger partial charge in [-0.3, -0.25) is 5.73 Å². The van der Waals surface area contributed by atoms with Crippen molar-refractivity contribution in [3.05, 3.63) is 30.1 Å². The van der Waals surface area contributed by atoms with Crippen LogP contribution in [0.2, 0.25) is 0 Å². The molecule has 5 heteroatoms. The van der Waals surface area contributed by atoms with E-state index in [4.69, 9.17) is 5.73 Å². The second-order valence-electron chi connectivity index (χ2n) is 2.72. The SMILES string of the molecule is NC(F)(F)c1ccnc2[nH]ccc12. The van der Waals surface area contributed by atoms with Gasteiger partial charge in [0, 0.05) is 23.3 Å². The van der Waals surface area contributed by atoms with Crippen LogP contribution in [0.5, 0.6) is 0 Å². The lowest BCUT2D eigenvalue weighted by Crippen LogP contribution is -2.25.